The smallest absolute Gasteiger partial charge is 0.438 e. The van der Waals surface area contributed by atoms with Crippen molar-refractivity contribution in [2.75, 3.05) is 21.3 Å². The Morgan fingerprint density at radius 2 is 1.64 bits per heavy atom. The van der Waals surface area contributed by atoms with Crippen LogP contribution in [0.5, 0.6) is 0 Å². The molecule has 1 aliphatic heterocycles. The van der Waals surface area contributed by atoms with E-state index in [1.54, 1.807) is 0 Å². The van der Waals surface area contributed by atoms with Crippen molar-refractivity contribution in [1.29, 1.82) is 0 Å². The first-order valence-corrected chi connectivity index (χ1v) is 7.89. The summed E-state index contributed by atoms with van der Waals surface area (Å²) in [5, 5.41) is 0. The molecule has 1 aromatic rings. The number of nitrogens with zero attached hydrogens (tertiary/aromatic N) is 1. The fourth-order valence-corrected chi connectivity index (χ4v) is 2.95. The lowest BCUT2D eigenvalue weighted by Gasteiger charge is -2.43. The third kappa shape index (κ3) is 3.87. The molecule has 0 radical (unpaired) electrons. The van der Waals surface area contributed by atoms with E-state index in [9.17, 15) is 9.59 Å². The van der Waals surface area contributed by atoms with Crippen molar-refractivity contribution < 1.29 is 28.5 Å². The molecule has 25 heavy (non-hydrogen) atoms. The zero-order valence-corrected chi connectivity index (χ0v) is 15.0. The van der Waals surface area contributed by atoms with Gasteiger partial charge in [0.05, 0.1) is 31.9 Å². The monoisotopic (exact) mass is 349 g/mol. The van der Waals surface area contributed by atoms with Gasteiger partial charge in [0, 0.05) is 7.05 Å². The van der Waals surface area contributed by atoms with E-state index in [1.165, 1.54) is 14.2 Å². The van der Waals surface area contributed by atoms with Gasteiger partial charge in [0.2, 0.25) is 0 Å². The minimum absolute atomic E-state index is 0.158. The normalized spacial score (nSPS) is 23.1. The summed E-state index contributed by atoms with van der Waals surface area (Å²) in [6, 6.07) is 9.26. The van der Waals surface area contributed by atoms with Crippen molar-refractivity contribution in [3.63, 3.8) is 0 Å². The number of benzene rings is 1. The Hall–Kier alpha value is -2.70. The van der Waals surface area contributed by atoms with Gasteiger partial charge in [-0.1, -0.05) is 30.3 Å². The summed E-state index contributed by atoms with van der Waals surface area (Å²) in [7, 11) is 4.34. The molecule has 0 saturated heterocycles. The van der Waals surface area contributed by atoms with Gasteiger partial charge >= 0.3 is 12.3 Å². The second-order valence-corrected chi connectivity index (χ2v) is 5.78. The van der Waals surface area contributed by atoms with E-state index in [-0.39, 0.29) is 6.04 Å². The minimum atomic E-state index is -0.824. The average Bonchev–Trinajstić information content (AvgIpc) is 2.64. The standard InChI is InChI=1S/C18H23NO6/c1-11-15(24-17(20)22-4)14(13-9-7-6-8-10-13)16(12(2)19(11)3)25-18(21)23-5/h6-11,14-15H,1-5H3. The van der Waals surface area contributed by atoms with Crippen molar-refractivity contribution in [3.8, 4) is 0 Å². The van der Waals surface area contributed by atoms with Crippen molar-refractivity contribution in [3.05, 3.63) is 47.4 Å². The number of likely N-dealkylation sites (N-methyl/N-ethyl adjacent to an activating group) is 1. The molecule has 0 amide bonds. The molecular formula is C18H23NO6. The molecule has 3 atom stereocenters. The highest BCUT2D eigenvalue weighted by Gasteiger charge is 2.43. The van der Waals surface area contributed by atoms with E-state index in [0.717, 1.165) is 11.3 Å². The van der Waals surface area contributed by atoms with Gasteiger partial charge in [-0.2, -0.15) is 0 Å². The van der Waals surface area contributed by atoms with E-state index in [0.29, 0.717) is 5.76 Å². The fraction of sp³-hybridized carbons (Fsp3) is 0.444. The van der Waals surface area contributed by atoms with Crippen molar-refractivity contribution >= 4 is 12.3 Å². The molecule has 3 unspecified atom stereocenters. The maximum absolute atomic E-state index is 11.8. The van der Waals surface area contributed by atoms with Crippen LogP contribution >= 0.6 is 0 Å². The molecule has 0 aromatic heterocycles. The summed E-state index contributed by atoms with van der Waals surface area (Å²) in [4.78, 5) is 25.4. The van der Waals surface area contributed by atoms with Gasteiger partial charge in [-0.05, 0) is 19.4 Å². The molecule has 2 rings (SSSR count). The van der Waals surface area contributed by atoms with Gasteiger partial charge < -0.3 is 23.8 Å². The Bertz CT molecular complexity index is 657. The number of carbonyl (C=O) groups excluding carboxylic acids is 2. The lowest BCUT2D eigenvalue weighted by molar-refractivity contribution is -0.0190. The average molecular weight is 349 g/mol. The topological polar surface area (TPSA) is 74.3 Å². The summed E-state index contributed by atoms with van der Waals surface area (Å²) in [6.07, 6.45) is -2.22. The lowest BCUT2D eigenvalue weighted by Crippen LogP contribution is -2.49. The lowest BCUT2D eigenvalue weighted by atomic mass is 9.83. The largest absolute Gasteiger partial charge is 0.513 e. The summed E-state index contributed by atoms with van der Waals surface area (Å²) in [5.74, 6) is -0.0850. The Balaban J connectivity index is 2.54. The molecule has 7 nitrogen and oxygen atoms in total. The van der Waals surface area contributed by atoms with Crippen molar-refractivity contribution in [2.45, 2.75) is 31.9 Å². The fourth-order valence-electron chi connectivity index (χ4n) is 2.95. The van der Waals surface area contributed by atoms with Crippen LogP contribution in [-0.2, 0) is 18.9 Å². The van der Waals surface area contributed by atoms with Crippen LogP contribution in [0.15, 0.2) is 41.8 Å². The first-order chi connectivity index (χ1) is 11.9. The first-order valence-electron chi connectivity index (χ1n) is 7.89. The molecule has 0 spiro atoms. The third-order valence-corrected chi connectivity index (χ3v) is 4.50. The summed E-state index contributed by atoms with van der Waals surface area (Å²) in [6.45, 7) is 3.78. The molecule has 1 aliphatic rings. The van der Waals surface area contributed by atoms with Crippen LogP contribution in [0.25, 0.3) is 0 Å². The molecule has 1 heterocycles. The van der Waals surface area contributed by atoms with E-state index in [2.05, 4.69) is 9.47 Å². The zero-order chi connectivity index (χ0) is 18.6. The molecule has 0 N–H and O–H groups in total. The maximum Gasteiger partial charge on any atom is 0.513 e. The van der Waals surface area contributed by atoms with Gasteiger partial charge in [-0.3, -0.25) is 0 Å². The van der Waals surface area contributed by atoms with Crippen LogP contribution in [-0.4, -0.2) is 50.6 Å². The van der Waals surface area contributed by atoms with E-state index in [1.807, 2.05) is 56.1 Å². The molecule has 0 aliphatic carbocycles. The molecule has 7 heteroatoms. The van der Waals surface area contributed by atoms with E-state index >= 15 is 0 Å². The number of hydrogen-bond donors (Lipinski definition) is 0. The highest BCUT2D eigenvalue weighted by Crippen LogP contribution is 2.40. The highest BCUT2D eigenvalue weighted by molar-refractivity contribution is 5.63. The number of allylic oxidation sites excluding steroid dienone is 1. The van der Waals surface area contributed by atoms with Crippen LogP contribution in [0.4, 0.5) is 9.59 Å². The van der Waals surface area contributed by atoms with E-state index < -0.39 is 24.3 Å². The summed E-state index contributed by atoms with van der Waals surface area (Å²) in [5.41, 5.74) is 1.62. The van der Waals surface area contributed by atoms with Crippen LogP contribution in [0, 0.1) is 0 Å². The number of methoxy groups -OCH3 is 2. The molecular weight excluding hydrogens is 326 g/mol. The number of rotatable bonds is 3. The summed E-state index contributed by atoms with van der Waals surface area (Å²) >= 11 is 0. The van der Waals surface area contributed by atoms with Gasteiger partial charge in [0.1, 0.15) is 11.9 Å². The van der Waals surface area contributed by atoms with Crippen LogP contribution in [0.3, 0.4) is 0 Å². The van der Waals surface area contributed by atoms with Gasteiger partial charge in [-0.25, -0.2) is 9.59 Å². The molecule has 0 saturated carbocycles. The highest BCUT2D eigenvalue weighted by atomic mass is 16.7. The van der Waals surface area contributed by atoms with Crippen molar-refractivity contribution in [1.82, 2.24) is 4.90 Å². The van der Waals surface area contributed by atoms with E-state index in [4.69, 9.17) is 9.47 Å². The third-order valence-electron chi connectivity index (χ3n) is 4.50. The first kappa shape index (κ1) is 18.6. The molecule has 0 bridgehead atoms. The van der Waals surface area contributed by atoms with Gasteiger partial charge in [-0.15, -0.1) is 0 Å². The Morgan fingerprint density at radius 1 is 1.04 bits per heavy atom. The molecule has 0 fully saturated rings. The zero-order valence-electron chi connectivity index (χ0n) is 15.0. The number of carbonyl (C=O) groups is 2. The Morgan fingerprint density at radius 3 is 2.20 bits per heavy atom. The van der Waals surface area contributed by atoms with Crippen LogP contribution in [0.2, 0.25) is 0 Å². The quantitative estimate of drug-likeness (QED) is 0.775. The van der Waals surface area contributed by atoms with Crippen LogP contribution < -0.4 is 0 Å². The Kier molecular flexibility index (Phi) is 5.90. The van der Waals surface area contributed by atoms with Gasteiger partial charge in [0.15, 0.2) is 0 Å². The van der Waals surface area contributed by atoms with Crippen LogP contribution in [0.1, 0.15) is 25.3 Å². The van der Waals surface area contributed by atoms with Gasteiger partial charge in [0.25, 0.3) is 0 Å². The Labute approximate surface area is 147 Å². The minimum Gasteiger partial charge on any atom is -0.438 e. The predicted molar refractivity (Wildman–Crippen MR) is 89.9 cm³/mol. The SMILES string of the molecule is COC(=O)OC1=C(C)N(C)C(C)C(OC(=O)OC)C1c1ccccc1. The second kappa shape index (κ2) is 7.92. The number of ether oxygens (including phenoxy) is 4. The second-order valence-electron chi connectivity index (χ2n) is 5.78. The van der Waals surface area contributed by atoms with Crippen molar-refractivity contribution in [2.24, 2.45) is 0 Å². The summed E-state index contributed by atoms with van der Waals surface area (Å²) < 4.78 is 20.2. The molecule has 136 valence electrons. The predicted octanol–water partition coefficient (Wildman–Crippen LogP) is 3.27. The maximum atomic E-state index is 11.8. The number of hydrogen-bond acceptors (Lipinski definition) is 7. The molecule has 1 aromatic carbocycles.